The number of nitrogens with two attached hydrogens (primary N) is 1. The number of amides is 2. The molecule has 2 aromatic carbocycles. The van der Waals surface area contributed by atoms with Gasteiger partial charge in [0.05, 0.1) is 16.4 Å². The Balaban J connectivity index is 2.00. The second-order valence-corrected chi connectivity index (χ2v) is 6.63. The van der Waals surface area contributed by atoms with Gasteiger partial charge in [0.25, 0.3) is 5.91 Å². The smallest absolute Gasteiger partial charge is 0.254 e. The van der Waals surface area contributed by atoms with Crippen molar-refractivity contribution in [1.29, 1.82) is 0 Å². The van der Waals surface area contributed by atoms with Crippen molar-refractivity contribution in [2.24, 2.45) is 5.73 Å². The number of hydrogen-bond donors (Lipinski definition) is 2. The normalized spacial score (nSPS) is 13.0. The summed E-state index contributed by atoms with van der Waals surface area (Å²) in [7, 11) is -1.32. The van der Waals surface area contributed by atoms with Gasteiger partial charge in [-0.25, -0.2) is 4.39 Å². The summed E-state index contributed by atoms with van der Waals surface area (Å²) >= 11 is 0. The molecule has 0 aliphatic heterocycles. The van der Waals surface area contributed by atoms with Crippen LogP contribution in [0.4, 0.5) is 4.39 Å². The molecule has 0 bridgehead atoms. The summed E-state index contributed by atoms with van der Waals surface area (Å²) in [6.07, 6.45) is 0.0943. The van der Waals surface area contributed by atoms with Gasteiger partial charge in [-0.3, -0.25) is 13.8 Å². The van der Waals surface area contributed by atoms with E-state index in [1.165, 1.54) is 18.2 Å². The molecule has 0 fully saturated rings. The molecule has 0 heterocycles. The molecule has 24 heavy (non-hydrogen) atoms. The Hall–Kier alpha value is -2.54. The molecule has 0 radical (unpaired) electrons. The van der Waals surface area contributed by atoms with Gasteiger partial charge in [0, 0.05) is 10.6 Å². The highest BCUT2D eigenvalue weighted by Crippen LogP contribution is 2.10. The number of rotatable bonds is 7. The highest BCUT2D eigenvalue weighted by atomic mass is 32.2. The van der Waals surface area contributed by atoms with Crippen LogP contribution in [0.1, 0.15) is 16.8 Å². The Morgan fingerprint density at radius 1 is 1.08 bits per heavy atom. The van der Waals surface area contributed by atoms with Crippen molar-refractivity contribution in [2.75, 3.05) is 5.75 Å². The van der Waals surface area contributed by atoms with Crippen LogP contribution in [0.5, 0.6) is 0 Å². The lowest BCUT2D eigenvalue weighted by Crippen LogP contribution is -2.45. The number of halogens is 1. The van der Waals surface area contributed by atoms with E-state index in [-0.39, 0.29) is 17.7 Å². The maximum absolute atomic E-state index is 13.6. The van der Waals surface area contributed by atoms with Gasteiger partial charge in [0.1, 0.15) is 11.9 Å². The maximum Gasteiger partial charge on any atom is 0.254 e. The van der Waals surface area contributed by atoms with Crippen LogP contribution in [-0.4, -0.2) is 27.8 Å². The Labute approximate surface area is 141 Å². The molecule has 0 saturated carbocycles. The van der Waals surface area contributed by atoms with Crippen LogP contribution in [0, 0.1) is 5.82 Å². The molecule has 5 nitrogen and oxygen atoms in total. The predicted octanol–water partition coefficient (Wildman–Crippen LogP) is 1.61. The molecule has 0 aliphatic rings. The topological polar surface area (TPSA) is 89.3 Å². The summed E-state index contributed by atoms with van der Waals surface area (Å²) in [5, 5.41) is 2.39. The first-order valence-corrected chi connectivity index (χ1v) is 8.59. The van der Waals surface area contributed by atoms with Crippen molar-refractivity contribution in [3.05, 3.63) is 66.0 Å². The van der Waals surface area contributed by atoms with Crippen LogP contribution in [0.2, 0.25) is 0 Å². The van der Waals surface area contributed by atoms with Gasteiger partial charge in [-0.05, 0) is 30.7 Å². The molecule has 0 aromatic heterocycles. The molecule has 0 unspecified atom stereocenters. The highest BCUT2D eigenvalue weighted by molar-refractivity contribution is 7.85. The van der Waals surface area contributed by atoms with E-state index in [2.05, 4.69) is 5.32 Å². The fourth-order valence-corrected chi connectivity index (χ4v) is 3.23. The first kappa shape index (κ1) is 17.8. The van der Waals surface area contributed by atoms with Gasteiger partial charge in [-0.2, -0.15) is 0 Å². The summed E-state index contributed by atoms with van der Waals surface area (Å²) in [6.45, 7) is 0. The molecule has 3 N–H and O–H groups in total. The van der Waals surface area contributed by atoms with Crippen molar-refractivity contribution < 1.29 is 18.2 Å². The van der Waals surface area contributed by atoms with E-state index >= 15 is 0 Å². The van der Waals surface area contributed by atoms with Crippen LogP contribution >= 0.6 is 0 Å². The number of hydrogen-bond acceptors (Lipinski definition) is 3. The summed E-state index contributed by atoms with van der Waals surface area (Å²) in [6, 6.07) is 13.2. The van der Waals surface area contributed by atoms with Gasteiger partial charge < -0.3 is 11.1 Å². The van der Waals surface area contributed by atoms with Crippen molar-refractivity contribution in [1.82, 2.24) is 5.32 Å². The number of carbonyl (C=O) groups excluding carboxylic acids is 2. The zero-order valence-electron chi connectivity index (χ0n) is 12.8. The Morgan fingerprint density at radius 3 is 2.33 bits per heavy atom. The average molecular weight is 348 g/mol. The number of carbonyl (C=O) groups is 2. The van der Waals surface area contributed by atoms with Crippen LogP contribution in [0.25, 0.3) is 0 Å². The van der Waals surface area contributed by atoms with E-state index in [0.717, 1.165) is 6.07 Å². The number of benzene rings is 2. The maximum atomic E-state index is 13.6. The minimum atomic E-state index is -1.32. The van der Waals surface area contributed by atoms with E-state index in [0.29, 0.717) is 4.90 Å². The number of primary amides is 1. The third-order valence-corrected chi connectivity index (χ3v) is 4.77. The molecule has 2 aromatic rings. The Morgan fingerprint density at radius 2 is 1.71 bits per heavy atom. The third-order valence-electron chi connectivity index (χ3n) is 3.37. The quantitative estimate of drug-likeness (QED) is 0.796. The second-order valence-electron chi connectivity index (χ2n) is 5.06. The number of nitrogens with one attached hydrogen (secondary N) is 1. The van der Waals surface area contributed by atoms with Crippen molar-refractivity contribution in [3.8, 4) is 0 Å². The van der Waals surface area contributed by atoms with Crippen molar-refractivity contribution >= 4 is 22.6 Å². The van der Waals surface area contributed by atoms with Crippen molar-refractivity contribution in [3.63, 3.8) is 0 Å². The average Bonchev–Trinajstić information content (AvgIpc) is 2.59. The lowest BCUT2D eigenvalue weighted by molar-refractivity contribution is -0.119. The first-order chi connectivity index (χ1) is 11.5. The molecule has 126 valence electrons. The summed E-state index contributed by atoms with van der Waals surface area (Å²) in [4.78, 5) is 24.2. The predicted molar refractivity (Wildman–Crippen MR) is 89.2 cm³/mol. The van der Waals surface area contributed by atoms with E-state index in [9.17, 15) is 18.2 Å². The van der Waals surface area contributed by atoms with Gasteiger partial charge in [0.15, 0.2) is 0 Å². The largest absolute Gasteiger partial charge is 0.368 e. The van der Waals surface area contributed by atoms with Crippen LogP contribution in [-0.2, 0) is 15.6 Å². The molecular weight excluding hydrogens is 331 g/mol. The highest BCUT2D eigenvalue weighted by Gasteiger charge is 2.21. The lowest BCUT2D eigenvalue weighted by Gasteiger charge is -2.15. The second kappa shape index (κ2) is 8.35. The molecule has 0 aliphatic carbocycles. The molecule has 7 heteroatoms. The SMILES string of the molecule is NC(=O)[C@H](CC[S@@](=O)c1ccccc1)NC(=O)c1ccccc1F. The molecule has 0 spiro atoms. The molecular formula is C17H17FN2O3S. The Kier molecular flexibility index (Phi) is 6.20. The fraction of sp³-hybridized carbons (Fsp3) is 0.176. The Bertz CT molecular complexity index is 753. The van der Waals surface area contributed by atoms with Gasteiger partial charge >= 0.3 is 0 Å². The monoisotopic (exact) mass is 348 g/mol. The zero-order valence-corrected chi connectivity index (χ0v) is 13.6. The minimum Gasteiger partial charge on any atom is -0.368 e. The van der Waals surface area contributed by atoms with Crippen LogP contribution < -0.4 is 11.1 Å². The van der Waals surface area contributed by atoms with Crippen LogP contribution in [0.3, 0.4) is 0 Å². The van der Waals surface area contributed by atoms with E-state index in [4.69, 9.17) is 5.73 Å². The van der Waals surface area contributed by atoms with Crippen LogP contribution in [0.15, 0.2) is 59.5 Å². The first-order valence-electron chi connectivity index (χ1n) is 7.27. The summed E-state index contributed by atoms with van der Waals surface area (Å²) in [5.74, 6) is -2.03. The summed E-state index contributed by atoms with van der Waals surface area (Å²) < 4.78 is 25.8. The van der Waals surface area contributed by atoms with Gasteiger partial charge in [-0.1, -0.05) is 30.3 Å². The van der Waals surface area contributed by atoms with Gasteiger partial charge in [0.2, 0.25) is 5.91 Å². The van der Waals surface area contributed by atoms with Crippen molar-refractivity contribution in [2.45, 2.75) is 17.4 Å². The lowest BCUT2D eigenvalue weighted by atomic mass is 10.1. The zero-order chi connectivity index (χ0) is 17.5. The molecule has 2 rings (SSSR count). The minimum absolute atomic E-state index is 0.0943. The van der Waals surface area contributed by atoms with E-state index in [1.54, 1.807) is 24.3 Å². The molecule has 2 amide bonds. The fourth-order valence-electron chi connectivity index (χ4n) is 2.08. The van der Waals surface area contributed by atoms with E-state index < -0.39 is 34.5 Å². The standard InChI is InChI=1S/C17H17FN2O3S/c18-14-9-5-4-8-13(14)17(22)20-15(16(19)21)10-11-24(23)12-6-2-1-3-7-12/h1-9,15H,10-11H2,(H2,19,21)(H,20,22)/t15-,24+/m0/s1. The summed E-state index contributed by atoms with van der Waals surface area (Å²) in [5.41, 5.74) is 5.11. The van der Waals surface area contributed by atoms with E-state index in [1.807, 2.05) is 6.07 Å². The third kappa shape index (κ3) is 4.73. The molecule has 2 atom stereocenters. The van der Waals surface area contributed by atoms with Gasteiger partial charge in [-0.15, -0.1) is 0 Å². The molecule has 0 saturated heterocycles.